The summed E-state index contributed by atoms with van der Waals surface area (Å²) in [7, 11) is 1.78. The summed E-state index contributed by atoms with van der Waals surface area (Å²) >= 11 is 0. The van der Waals surface area contributed by atoms with Crippen LogP contribution in [0.5, 0.6) is 0 Å². The minimum Gasteiger partial charge on any atom is -0.361 e. The zero-order valence-electron chi connectivity index (χ0n) is 12.6. The molecule has 108 valence electrons. The average Bonchev–Trinajstić information content (AvgIpc) is 2.69. The molecule has 0 saturated heterocycles. The minimum atomic E-state index is -0.141. The number of nitrogens with zero attached hydrogens (tertiary/aromatic N) is 2. The molecule has 5 heteroatoms. The number of amides is 1. The van der Waals surface area contributed by atoms with E-state index in [1.165, 1.54) is 0 Å². The van der Waals surface area contributed by atoms with Crippen LogP contribution in [0.3, 0.4) is 0 Å². The first kappa shape index (κ1) is 15.7. The van der Waals surface area contributed by atoms with Gasteiger partial charge in [-0.15, -0.1) is 0 Å². The number of hydrogen-bond donors (Lipinski definition) is 1. The second-order valence-electron chi connectivity index (χ2n) is 6.32. The fourth-order valence-corrected chi connectivity index (χ4v) is 2.14. The lowest BCUT2D eigenvalue weighted by atomic mass is 9.84. The van der Waals surface area contributed by atoms with Gasteiger partial charge < -0.3 is 15.2 Å². The maximum atomic E-state index is 12.4. The van der Waals surface area contributed by atoms with Crippen LogP contribution in [-0.2, 0) is 11.3 Å². The third-order valence-corrected chi connectivity index (χ3v) is 2.94. The van der Waals surface area contributed by atoms with Gasteiger partial charge >= 0.3 is 0 Å². The topological polar surface area (TPSA) is 72.4 Å². The van der Waals surface area contributed by atoms with Crippen molar-refractivity contribution in [2.75, 3.05) is 13.6 Å². The van der Waals surface area contributed by atoms with Gasteiger partial charge in [0.05, 0.1) is 12.5 Å². The van der Waals surface area contributed by atoms with E-state index in [0.717, 1.165) is 17.9 Å². The molecular formula is C14H25N3O2. The number of carbonyl (C=O) groups excluding carboxylic acids is 1. The molecule has 0 saturated carbocycles. The van der Waals surface area contributed by atoms with Gasteiger partial charge in [0.2, 0.25) is 5.91 Å². The van der Waals surface area contributed by atoms with Crippen LogP contribution >= 0.6 is 0 Å². The van der Waals surface area contributed by atoms with Crippen molar-refractivity contribution >= 4 is 5.91 Å². The molecular weight excluding hydrogens is 242 g/mol. The molecule has 0 aliphatic rings. The first-order valence-corrected chi connectivity index (χ1v) is 6.60. The lowest BCUT2D eigenvalue weighted by Gasteiger charge is -2.27. The number of hydrogen-bond acceptors (Lipinski definition) is 4. The van der Waals surface area contributed by atoms with Crippen molar-refractivity contribution in [3.05, 3.63) is 17.5 Å². The van der Waals surface area contributed by atoms with Gasteiger partial charge in [-0.25, -0.2) is 0 Å². The van der Waals surface area contributed by atoms with Crippen molar-refractivity contribution < 1.29 is 9.32 Å². The zero-order chi connectivity index (χ0) is 14.6. The summed E-state index contributed by atoms with van der Waals surface area (Å²) in [5, 5.41) is 3.90. The van der Waals surface area contributed by atoms with Gasteiger partial charge in [0.15, 0.2) is 0 Å². The molecule has 5 nitrogen and oxygen atoms in total. The Morgan fingerprint density at radius 1 is 1.53 bits per heavy atom. The maximum Gasteiger partial charge on any atom is 0.227 e. The second-order valence-corrected chi connectivity index (χ2v) is 6.32. The normalized spacial score (nSPS) is 13.4. The van der Waals surface area contributed by atoms with Gasteiger partial charge in [-0.05, 0) is 18.8 Å². The molecule has 0 aliphatic carbocycles. The molecule has 0 spiro atoms. The Bertz CT molecular complexity index is 421. The molecule has 1 amide bonds. The average molecular weight is 267 g/mol. The van der Waals surface area contributed by atoms with Crippen LogP contribution in [0.2, 0.25) is 0 Å². The van der Waals surface area contributed by atoms with Gasteiger partial charge in [-0.2, -0.15) is 0 Å². The number of aryl methyl sites for hydroxylation is 1. The van der Waals surface area contributed by atoms with Crippen LogP contribution in [-0.4, -0.2) is 29.6 Å². The molecule has 1 unspecified atom stereocenters. The molecule has 0 radical (unpaired) electrons. The van der Waals surface area contributed by atoms with Gasteiger partial charge in [0.25, 0.3) is 0 Å². The van der Waals surface area contributed by atoms with Crippen LogP contribution in [0.1, 0.15) is 38.6 Å². The van der Waals surface area contributed by atoms with E-state index >= 15 is 0 Å². The number of carbonyl (C=O) groups is 1. The fraction of sp³-hybridized carbons (Fsp3) is 0.714. The van der Waals surface area contributed by atoms with E-state index in [4.69, 9.17) is 10.3 Å². The second kappa shape index (κ2) is 6.19. The molecule has 1 rings (SSSR count). The Kier molecular flexibility index (Phi) is 5.11. The van der Waals surface area contributed by atoms with E-state index in [0.29, 0.717) is 13.1 Å². The van der Waals surface area contributed by atoms with Crippen molar-refractivity contribution in [3.63, 3.8) is 0 Å². The van der Waals surface area contributed by atoms with Crippen molar-refractivity contribution in [2.24, 2.45) is 17.1 Å². The molecule has 0 fully saturated rings. The predicted molar refractivity (Wildman–Crippen MR) is 74.3 cm³/mol. The van der Waals surface area contributed by atoms with Crippen LogP contribution in [0, 0.1) is 18.3 Å². The summed E-state index contributed by atoms with van der Waals surface area (Å²) < 4.78 is 5.00. The molecule has 1 aromatic rings. The monoisotopic (exact) mass is 267 g/mol. The Morgan fingerprint density at radius 2 is 2.16 bits per heavy atom. The minimum absolute atomic E-state index is 0.0677. The summed E-state index contributed by atoms with van der Waals surface area (Å²) in [6.45, 7) is 9.01. The van der Waals surface area contributed by atoms with E-state index in [9.17, 15) is 4.79 Å². The molecule has 1 heterocycles. The Labute approximate surface area is 115 Å². The lowest BCUT2D eigenvalue weighted by molar-refractivity contribution is -0.135. The van der Waals surface area contributed by atoms with Gasteiger partial charge in [-0.3, -0.25) is 4.79 Å². The maximum absolute atomic E-state index is 12.4. The largest absolute Gasteiger partial charge is 0.361 e. The Hall–Kier alpha value is -1.36. The highest BCUT2D eigenvalue weighted by Crippen LogP contribution is 2.25. The molecule has 0 aromatic carbocycles. The Morgan fingerprint density at radius 3 is 2.58 bits per heavy atom. The van der Waals surface area contributed by atoms with Gasteiger partial charge in [0.1, 0.15) is 11.5 Å². The third kappa shape index (κ3) is 5.03. The van der Waals surface area contributed by atoms with Crippen molar-refractivity contribution in [2.45, 2.75) is 40.7 Å². The standard InChI is InChI=1S/C14H25N3O2/c1-10-6-12(16-19-10)9-17(5)13(18)11(8-15)7-14(2,3)4/h6,11H,7-9,15H2,1-5H3. The van der Waals surface area contributed by atoms with Gasteiger partial charge in [-0.1, -0.05) is 25.9 Å². The molecule has 19 heavy (non-hydrogen) atoms. The highest BCUT2D eigenvalue weighted by atomic mass is 16.5. The molecule has 0 bridgehead atoms. The van der Waals surface area contributed by atoms with E-state index < -0.39 is 0 Å². The van der Waals surface area contributed by atoms with Gasteiger partial charge in [0, 0.05) is 19.7 Å². The zero-order valence-corrected chi connectivity index (χ0v) is 12.6. The number of rotatable bonds is 5. The summed E-state index contributed by atoms with van der Waals surface area (Å²) in [5.41, 5.74) is 6.59. The highest BCUT2D eigenvalue weighted by Gasteiger charge is 2.26. The van der Waals surface area contributed by atoms with Crippen LogP contribution in [0.4, 0.5) is 0 Å². The summed E-state index contributed by atoms with van der Waals surface area (Å²) in [6.07, 6.45) is 0.782. The first-order valence-electron chi connectivity index (χ1n) is 6.60. The Balaban J connectivity index is 2.64. The summed E-state index contributed by atoms with van der Waals surface area (Å²) in [6, 6.07) is 1.84. The molecule has 1 aromatic heterocycles. The molecule has 2 N–H and O–H groups in total. The highest BCUT2D eigenvalue weighted by molar-refractivity contribution is 5.78. The number of nitrogens with two attached hydrogens (primary N) is 1. The smallest absolute Gasteiger partial charge is 0.227 e. The predicted octanol–water partition coefficient (Wildman–Crippen LogP) is 1.95. The lowest BCUT2D eigenvalue weighted by Crippen LogP contribution is -2.38. The van der Waals surface area contributed by atoms with Crippen molar-refractivity contribution in [3.8, 4) is 0 Å². The number of aromatic nitrogens is 1. The van der Waals surface area contributed by atoms with E-state index in [-0.39, 0.29) is 17.2 Å². The molecule has 1 atom stereocenters. The van der Waals surface area contributed by atoms with Crippen LogP contribution in [0.15, 0.2) is 10.6 Å². The van der Waals surface area contributed by atoms with E-state index in [2.05, 4.69) is 25.9 Å². The first-order chi connectivity index (χ1) is 8.73. The third-order valence-electron chi connectivity index (χ3n) is 2.94. The van der Waals surface area contributed by atoms with E-state index in [1.54, 1.807) is 11.9 Å². The van der Waals surface area contributed by atoms with Crippen molar-refractivity contribution in [1.29, 1.82) is 0 Å². The quantitative estimate of drug-likeness (QED) is 0.885. The summed E-state index contributed by atoms with van der Waals surface area (Å²) in [5.74, 6) is 0.678. The van der Waals surface area contributed by atoms with Crippen LogP contribution in [0.25, 0.3) is 0 Å². The summed E-state index contributed by atoms with van der Waals surface area (Å²) in [4.78, 5) is 14.0. The molecule has 0 aliphatic heterocycles. The fourth-order valence-electron chi connectivity index (χ4n) is 2.14. The SMILES string of the molecule is Cc1cc(CN(C)C(=O)C(CN)CC(C)(C)C)no1. The van der Waals surface area contributed by atoms with E-state index in [1.807, 2.05) is 13.0 Å². The van der Waals surface area contributed by atoms with Crippen molar-refractivity contribution in [1.82, 2.24) is 10.1 Å². The van der Waals surface area contributed by atoms with Crippen LogP contribution < -0.4 is 5.73 Å².